The Labute approximate surface area is 160 Å². The number of carbonyl (C=O) groups is 1. The van der Waals surface area contributed by atoms with Crippen molar-refractivity contribution in [2.24, 2.45) is 0 Å². The van der Waals surface area contributed by atoms with Crippen LogP contribution in [0.1, 0.15) is 5.56 Å². The molecule has 134 valence electrons. The molecule has 0 fully saturated rings. The van der Waals surface area contributed by atoms with E-state index < -0.39 is 0 Å². The largest absolute Gasteiger partial charge is 0.335 e. The van der Waals surface area contributed by atoms with Crippen LogP contribution in [0.15, 0.2) is 58.6 Å². The zero-order valence-corrected chi connectivity index (χ0v) is 16.1. The first-order valence-electron chi connectivity index (χ1n) is 7.91. The molecule has 0 aliphatic rings. The van der Waals surface area contributed by atoms with Crippen LogP contribution in [0.5, 0.6) is 0 Å². The first kappa shape index (κ1) is 18.3. The molecule has 2 aromatic carbocycles. The molecule has 0 saturated carbocycles. The summed E-state index contributed by atoms with van der Waals surface area (Å²) in [4.78, 5) is 13.3. The van der Waals surface area contributed by atoms with E-state index in [-0.39, 0.29) is 11.7 Å². The predicted molar refractivity (Wildman–Crippen MR) is 108 cm³/mol. The average molecular weight is 386 g/mol. The first-order valence-corrected chi connectivity index (χ1v) is 10.1. The van der Waals surface area contributed by atoms with E-state index in [1.54, 1.807) is 11.8 Å². The molecular formula is C18H19N5OS2. The molecular weight excluding hydrogens is 366 g/mol. The van der Waals surface area contributed by atoms with E-state index in [1.807, 2.05) is 61.7 Å². The highest BCUT2D eigenvalue weighted by Gasteiger charge is 2.14. The lowest BCUT2D eigenvalue weighted by atomic mass is 10.1. The summed E-state index contributed by atoms with van der Waals surface area (Å²) < 4.78 is 1.41. The normalized spacial score (nSPS) is 10.7. The van der Waals surface area contributed by atoms with Gasteiger partial charge in [-0.05, 0) is 31.4 Å². The summed E-state index contributed by atoms with van der Waals surface area (Å²) in [7, 11) is 0. The van der Waals surface area contributed by atoms with Crippen LogP contribution >= 0.6 is 23.5 Å². The van der Waals surface area contributed by atoms with Crippen molar-refractivity contribution in [2.45, 2.75) is 17.0 Å². The standard InChI is InChI=1S/C18H19N5OS2/c1-12-6-8-13(9-7-12)17-21-22-18(23(17)19)26-11-16(24)20-14-4-3-5-15(10-14)25-2/h3-10H,11,19H2,1-2H3,(H,20,24). The minimum Gasteiger partial charge on any atom is -0.335 e. The summed E-state index contributed by atoms with van der Waals surface area (Å²) in [5.74, 6) is 6.74. The van der Waals surface area contributed by atoms with Crippen molar-refractivity contribution >= 4 is 35.1 Å². The van der Waals surface area contributed by atoms with E-state index in [0.29, 0.717) is 11.0 Å². The number of amides is 1. The van der Waals surface area contributed by atoms with Gasteiger partial charge in [-0.3, -0.25) is 4.79 Å². The van der Waals surface area contributed by atoms with Gasteiger partial charge in [0.25, 0.3) is 0 Å². The summed E-state index contributed by atoms with van der Waals surface area (Å²) in [6.07, 6.45) is 2.00. The molecule has 0 bridgehead atoms. The maximum absolute atomic E-state index is 12.2. The van der Waals surface area contributed by atoms with Gasteiger partial charge in [-0.2, -0.15) is 0 Å². The van der Waals surface area contributed by atoms with Gasteiger partial charge in [-0.1, -0.05) is 47.7 Å². The van der Waals surface area contributed by atoms with Crippen LogP contribution < -0.4 is 11.2 Å². The fraction of sp³-hybridized carbons (Fsp3) is 0.167. The number of rotatable bonds is 6. The summed E-state index contributed by atoms with van der Waals surface area (Å²) in [5.41, 5.74) is 2.82. The number of anilines is 1. The second kappa shape index (κ2) is 8.29. The molecule has 3 aromatic rings. The van der Waals surface area contributed by atoms with Gasteiger partial charge < -0.3 is 11.2 Å². The summed E-state index contributed by atoms with van der Waals surface area (Å²) in [5, 5.41) is 11.6. The van der Waals surface area contributed by atoms with Crippen LogP contribution in [0.3, 0.4) is 0 Å². The van der Waals surface area contributed by atoms with E-state index in [2.05, 4.69) is 15.5 Å². The number of aryl methyl sites for hydroxylation is 1. The minimum atomic E-state index is -0.117. The zero-order chi connectivity index (χ0) is 18.5. The Hall–Kier alpha value is -2.45. The Kier molecular flexibility index (Phi) is 5.85. The number of nitrogens with two attached hydrogens (primary N) is 1. The van der Waals surface area contributed by atoms with E-state index in [9.17, 15) is 4.79 Å². The van der Waals surface area contributed by atoms with Crippen molar-refractivity contribution in [3.05, 3.63) is 54.1 Å². The molecule has 0 aliphatic carbocycles. The van der Waals surface area contributed by atoms with E-state index >= 15 is 0 Å². The van der Waals surface area contributed by atoms with Crippen LogP contribution in [0.4, 0.5) is 5.69 Å². The van der Waals surface area contributed by atoms with Crippen LogP contribution in [-0.2, 0) is 4.79 Å². The van der Waals surface area contributed by atoms with Crippen molar-refractivity contribution in [3.8, 4) is 11.4 Å². The highest BCUT2D eigenvalue weighted by molar-refractivity contribution is 7.99. The molecule has 1 aromatic heterocycles. The van der Waals surface area contributed by atoms with Crippen LogP contribution in [-0.4, -0.2) is 32.8 Å². The molecule has 3 N–H and O–H groups in total. The second-order valence-electron chi connectivity index (χ2n) is 5.61. The molecule has 0 aliphatic heterocycles. The number of nitrogens with one attached hydrogen (secondary N) is 1. The molecule has 6 nitrogen and oxygen atoms in total. The highest BCUT2D eigenvalue weighted by Crippen LogP contribution is 2.23. The number of nitrogens with zero attached hydrogens (tertiary/aromatic N) is 3. The van der Waals surface area contributed by atoms with Crippen molar-refractivity contribution in [2.75, 3.05) is 23.2 Å². The van der Waals surface area contributed by atoms with Crippen molar-refractivity contribution in [1.29, 1.82) is 0 Å². The number of aromatic nitrogens is 3. The number of thioether (sulfide) groups is 2. The van der Waals surface area contributed by atoms with E-state index in [0.717, 1.165) is 21.7 Å². The number of hydrogen-bond donors (Lipinski definition) is 2. The summed E-state index contributed by atoms with van der Waals surface area (Å²) >= 11 is 2.88. The van der Waals surface area contributed by atoms with Gasteiger partial charge in [0.2, 0.25) is 11.1 Å². The van der Waals surface area contributed by atoms with Gasteiger partial charge in [0.1, 0.15) is 0 Å². The number of benzene rings is 2. The third-order valence-electron chi connectivity index (χ3n) is 3.66. The molecule has 1 amide bonds. The minimum absolute atomic E-state index is 0.117. The maximum atomic E-state index is 12.2. The Morgan fingerprint density at radius 1 is 1.19 bits per heavy atom. The monoisotopic (exact) mass is 385 g/mol. The van der Waals surface area contributed by atoms with Gasteiger partial charge in [0.05, 0.1) is 5.75 Å². The number of nitrogen functional groups attached to an aromatic ring is 1. The fourth-order valence-corrected chi connectivity index (χ4v) is 3.42. The quantitative estimate of drug-likeness (QED) is 0.499. The Balaban J connectivity index is 1.62. The second-order valence-corrected chi connectivity index (χ2v) is 7.43. The van der Waals surface area contributed by atoms with E-state index in [4.69, 9.17) is 5.84 Å². The van der Waals surface area contributed by atoms with Crippen molar-refractivity contribution < 1.29 is 4.79 Å². The molecule has 0 atom stereocenters. The molecule has 0 saturated heterocycles. The number of hydrogen-bond acceptors (Lipinski definition) is 6. The summed E-state index contributed by atoms with van der Waals surface area (Å²) in [6.45, 7) is 2.02. The average Bonchev–Trinajstić information content (AvgIpc) is 3.01. The van der Waals surface area contributed by atoms with Crippen molar-refractivity contribution in [3.63, 3.8) is 0 Å². The van der Waals surface area contributed by atoms with Crippen LogP contribution in [0.25, 0.3) is 11.4 Å². The SMILES string of the molecule is CSc1cccc(NC(=O)CSc2nnc(-c3ccc(C)cc3)n2N)c1. The van der Waals surface area contributed by atoms with E-state index in [1.165, 1.54) is 16.4 Å². The predicted octanol–water partition coefficient (Wildman–Crippen LogP) is 3.42. The molecule has 0 radical (unpaired) electrons. The molecule has 8 heteroatoms. The van der Waals surface area contributed by atoms with Gasteiger partial charge in [-0.15, -0.1) is 22.0 Å². The molecule has 0 spiro atoms. The van der Waals surface area contributed by atoms with Gasteiger partial charge >= 0.3 is 0 Å². The lowest BCUT2D eigenvalue weighted by Crippen LogP contribution is -2.16. The smallest absolute Gasteiger partial charge is 0.234 e. The zero-order valence-electron chi connectivity index (χ0n) is 14.5. The lowest BCUT2D eigenvalue weighted by molar-refractivity contribution is -0.113. The topological polar surface area (TPSA) is 85.8 Å². The van der Waals surface area contributed by atoms with Gasteiger partial charge in [0, 0.05) is 16.1 Å². The fourth-order valence-electron chi connectivity index (χ4n) is 2.30. The number of carbonyl (C=O) groups excluding carboxylic acids is 1. The third-order valence-corrected chi connectivity index (χ3v) is 5.33. The molecule has 1 heterocycles. The molecule has 0 unspecified atom stereocenters. The highest BCUT2D eigenvalue weighted by atomic mass is 32.2. The lowest BCUT2D eigenvalue weighted by Gasteiger charge is -2.07. The van der Waals surface area contributed by atoms with Crippen molar-refractivity contribution in [1.82, 2.24) is 14.9 Å². The summed E-state index contributed by atoms with van der Waals surface area (Å²) in [6, 6.07) is 15.6. The molecule has 3 rings (SSSR count). The third kappa shape index (κ3) is 4.39. The van der Waals surface area contributed by atoms with Gasteiger partial charge in [0.15, 0.2) is 5.82 Å². The Bertz CT molecular complexity index is 908. The van der Waals surface area contributed by atoms with Crippen LogP contribution in [0.2, 0.25) is 0 Å². The maximum Gasteiger partial charge on any atom is 0.234 e. The van der Waals surface area contributed by atoms with Crippen LogP contribution in [0, 0.1) is 6.92 Å². The first-order chi connectivity index (χ1) is 12.6. The van der Waals surface area contributed by atoms with Gasteiger partial charge in [-0.25, -0.2) is 4.68 Å². The Morgan fingerprint density at radius 2 is 1.96 bits per heavy atom. The molecule has 26 heavy (non-hydrogen) atoms. The Morgan fingerprint density at radius 3 is 2.69 bits per heavy atom.